The number of amides is 1. The van der Waals surface area contributed by atoms with Crippen molar-refractivity contribution < 1.29 is 13.9 Å². The van der Waals surface area contributed by atoms with Crippen molar-refractivity contribution in [2.45, 2.75) is 6.04 Å². The molecule has 0 radical (unpaired) electrons. The molecule has 2 aromatic rings. The first-order chi connectivity index (χ1) is 11.9. The van der Waals surface area contributed by atoms with Gasteiger partial charge in [-0.05, 0) is 50.0 Å². The van der Waals surface area contributed by atoms with Gasteiger partial charge in [-0.15, -0.1) is 0 Å². The number of likely N-dealkylation sites (N-methyl/N-ethyl adjacent to an activating group) is 1. The molecule has 25 heavy (non-hydrogen) atoms. The van der Waals surface area contributed by atoms with Gasteiger partial charge in [-0.3, -0.25) is 4.79 Å². The van der Waals surface area contributed by atoms with Crippen molar-refractivity contribution in [2.75, 3.05) is 27.2 Å². The van der Waals surface area contributed by atoms with E-state index in [-0.39, 0.29) is 24.4 Å². The van der Waals surface area contributed by atoms with Crippen LogP contribution in [0.5, 0.6) is 5.75 Å². The minimum atomic E-state index is -0.309. The molecule has 134 valence electrons. The summed E-state index contributed by atoms with van der Waals surface area (Å²) in [6.07, 6.45) is 0. The summed E-state index contributed by atoms with van der Waals surface area (Å²) in [7, 11) is 3.73. The van der Waals surface area contributed by atoms with E-state index in [0.717, 1.165) is 5.56 Å². The highest BCUT2D eigenvalue weighted by atomic mass is 35.5. The molecular formula is C18H19Cl2FN2O2. The number of carbonyl (C=O) groups is 1. The summed E-state index contributed by atoms with van der Waals surface area (Å²) in [6, 6.07) is 10.9. The maximum absolute atomic E-state index is 13.4. The Balaban J connectivity index is 1.91. The number of rotatable bonds is 7. The summed E-state index contributed by atoms with van der Waals surface area (Å²) in [5.74, 6) is -0.221. The van der Waals surface area contributed by atoms with Gasteiger partial charge >= 0.3 is 0 Å². The summed E-state index contributed by atoms with van der Waals surface area (Å²) < 4.78 is 18.8. The number of nitrogens with one attached hydrogen (secondary N) is 1. The van der Waals surface area contributed by atoms with E-state index in [9.17, 15) is 9.18 Å². The molecule has 7 heteroatoms. The highest BCUT2D eigenvalue weighted by molar-refractivity contribution is 6.35. The Morgan fingerprint density at radius 2 is 2.00 bits per heavy atom. The molecule has 0 aliphatic heterocycles. The Morgan fingerprint density at radius 3 is 2.64 bits per heavy atom. The molecule has 0 spiro atoms. The van der Waals surface area contributed by atoms with Crippen LogP contribution in [0, 0.1) is 5.82 Å². The molecule has 0 saturated heterocycles. The van der Waals surface area contributed by atoms with Crippen LogP contribution in [-0.2, 0) is 4.79 Å². The molecule has 1 atom stereocenters. The van der Waals surface area contributed by atoms with Gasteiger partial charge in [0.25, 0.3) is 5.91 Å². The second kappa shape index (κ2) is 9.04. The van der Waals surface area contributed by atoms with Crippen LogP contribution in [0.1, 0.15) is 11.6 Å². The number of hydrogen-bond donors (Lipinski definition) is 1. The van der Waals surface area contributed by atoms with Crippen molar-refractivity contribution in [1.29, 1.82) is 0 Å². The third-order valence-electron chi connectivity index (χ3n) is 3.60. The van der Waals surface area contributed by atoms with Crippen LogP contribution in [0.15, 0.2) is 42.5 Å². The van der Waals surface area contributed by atoms with Gasteiger partial charge in [0.05, 0.1) is 11.1 Å². The molecule has 0 aliphatic rings. The molecule has 1 unspecified atom stereocenters. The van der Waals surface area contributed by atoms with Crippen LogP contribution in [-0.4, -0.2) is 38.1 Å². The lowest BCUT2D eigenvalue weighted by atomic mass is 10.1. The first-order valence-corrected chi connectivity index (χ1v) is 8.39. The third-order valence-corrected chi connectivity index (χ3v) is 4.13. The van der Waals surface area contributed by atoms with E-state index in [1.165, 1.54) is 12.1 Å². The Hall–Kier alpha value is -1.82. The number of nitrogens with zero attached hydrogens (tertiary/aromatic N) is 1. The largest absolute Gasteiger partial charge is 0.482 e. The van der Waals surface area contributed by atoms with E-state index >= 15 is 0 Å². The smallest absolute Gasteiger partial charge is 0.258 e. The molecule has 1 N–H and O–H groups in total. The molecule has 0 aromatic heterocycles. The maximum atomic E-state index is 13.4. The average molecular weight is 385 g/mol. The van der Waals surface area contributed by atoms with E-state index in [4.69, 9.17) is 27.9 Å². The highest BCUT2D eigenvalue weighted by Gasteiger charge is 2.16. The molecular weight excluding hydrogens is 366 g/mol. The summed E-state index contributed by atoms with van der Waals surface area (Å²) in [5.41, 5.74) is 0.784. The van der Waals surface area contributed by atoms with Gasteiger partial charge in [-0.1, -0.05) is 35.3 Å². The van der Waals surface area contributed by atoms with E-state index < -0.39 is 0 Å². The van der Waals surface area contributed by atoms with Crippen molar-refractivity contribution >= 4 is 29.1 Å². The third kappa shape index (κ3) is 5.88. The van der Waals surface area contributed by atoms with Gasteiger partial charge in [0.1, 0.15) is 11.6 Å². The van der Waals surface area contributed by atoms with Gasteiger partial charge in [0.2, 0.25) is 0 Å². The normalized spacial score (nSPS) is 12.1. The molecule has 4 nitrogen and oxygen atoms in total. The average Bonchev–Trinajstić information content (AvgIpc) is 2.54. The Morgan fingerprint density at radius 1 is 1.24 bits per heavy atom. The van der Waals surface area contributed by atoms with Crippen molar-refractivity contribution in [2.24, 2.45) is 0 Å². The maximum Gasteiger partial charge on any atom is 0.258 e. The van der Waals surface area contributed by atoms with Crippen molar-refractivity contribution in [3.05, 3.63) is 63.9 Å². The zero-order chi connectivity index (χ0) is 18.4. The molecule has 0 aliphatic carbocycles. The SMILES string of the molecule is CN(C)C(CNC(=O)COc1ccc(Cl)cc1Cl)c1cccc(F)c1. The lowest BCUT2D eigenvalue weighted by Crippen LogP contribution is -2.36. The standard InChI is InChI=1S/C18H19Cl2FN2O2/c1-23(2)16(12-4-3-5-14(21)8-12)10-22-18(24)11-25-17-7-6-13(19)9-15(17)20/h3-9,16H,10-11H2,1-2H3,(H,22,24). The van der Waals surface area contributed by atoms with Crippen molar-refractivity contribution in [3.63, 3.8) is 0 Å². The van der Waals surface area contributed by atoms with Crippen LogP contribution in [0.2, 0.25) is 10.0 Å². The van der Waals surface area contributed by atoms with Gasteiger partial charge in [-0.25, -0.2) is 4.39 Å². The van der Waals surface area contributed by atoms with Gasteiger partial charge < -0.3 is 15.0 Å². The number of halogens is 3. The predicted octanol–water partition coefficient (Wildman–Crippen LogP) is 3.93. The molecule has 0 bridgehead atoms. The number of hydrogen-bond acceptors (Lipinski definition) is 3. The topological polar surface area (TPSA) is 41.6 Å². The van der Waals surface area contributed by atoms with Gasteiger partial charge in [-0.2, -0.15) is 0 Å². The van der Waals surface area contributed by atoms with Crippen LogP contribution >= 0.6 is 23.2 Å². The van der Waals surface area contributed by atoms with Gasteiger partial charge in [0.15, 0.2) is 6.61 Å². The minimum absolute atomic E-state index is 0.154. The summed E-state index contributed by atoms with van der Waals surface area (Å²) >= 11 is 11.8. The fourth-order valence-corrected chi connectivity index (χ4v) is 2.77. The first-order valence-electron chi connectivity index (χ1n) is 7.63. The van der Waals surface area contributed by atoms with Crippen molar-refractivity contribution in [3.8, 4) is 5.75 Å². The van der Waals surface area contributed by atoms with Gasteiger partial charge in [0, 0.05) is 11.6 Å². The lowest BCUT2D eigenvalue weighted by Gasteiger charge is -2.25. The fourth-order valence-electron chi connectivity index (χ4n) is 2.31. The quantitative estimate of drug-likeness (QED) is 0.785. The molecule has 0 saturated carbocycles. The number of carbonyl (C=O) groups excluding carboxylic acids is 1. The summed E-state index contributed by atoms with van der Waals surface area (Å²) in [4.78, 5) is 13.9. The molecule has 2 rings (SSSR count). The molecule has 1 amide bonds. The fraction of sp³-hybridized carbons (Fsp3) is 0.278. The highest BCUT2D eigenvalue weighted by Crippen LogP contribution is 2.27. The van der Waals surface area contributed by atoms with Crippen molar-refractivity contribution in [1.82, 2.24) is 10.2 Å². The molecule has 0 heterocycles. The zero-order valence-corrected chi connectivity index (χ0v) is 15.4. The van der Waals surface area contributed by atoms with E-state index in [1.807, 2.05) is 25.1 Å². The summed E-state index contributed by atoms with van der Waals surface area (Å²) in [6.45, 7) is 0.150. The Labute approximate surface area is 156 Å². The lowest BCUT2D eigenvalue weighted by molar-refractivity contribution is -0.123. The molecule has 2 aromatic carbocycles. The van der Waals surface area contributed by atoms with Crippen LogP contribution in [0.3, 0.4) is 0 Å². The number of ether oxygens (including phenoxy) is 1. The van der Waals surface area contributed by atoms with Crippen LogP contribution in [0.4, 0.5) is 4.39 Å². The molecule has 0 fully saturated rings. The zero-order valence-electron chi connectivity index (χ0n) is 13.9. The monoisotopic (exact) mass is 384 g/mol. The van der Waals surface area contributed by atoms with Crippen LogP contribution < -0.4 is 10.1 Å². The van der Waals surface area contributed by atoms with E-state index in [1.54, 1.807) is 24.3 Å². The second-order valence-corrected chi connectivity index (χ2v) is 6.55. The second-order valence-electron chi connectivity index (χ2n) is 5.70. The minimum Gasteiger partial charge on any atom is -0.482 e. The Kier molecular flexibility index (Phi) is 7.05. The van der Waals surface area contributed by atoms with E-state index in [0.29, 0.717) is 22.3 Å². The van der Waals surface area contributed by atoms with E-state index in [2.05, 4.69) is 5.32 Å². The van der Waals surface area contributed by atoms with Crippen LogP contribution in [0.25, 0.3) is 0 Å². The first kappa shape index (κ1) is 19.5. The number of benzene rings is 2. The Bertz CT molecular complexity index is 741. The predicted molar refractivity (Wildman–Crippen MR) is 97.8 cm³/mol. The summed E-state index contributed by atoms with van der Waals surface area (Å²) in [5, 5.41) is 3.62.